The van der Waals surface area contributed by atoms with Crippen molar-refractivity contribution in [3.05, 3.63) is 24.3 Å². The highest BCUT2D eigenvalue weighted by molar-refractivity contribution is 5.71. The summed E-state index contributed by atoms with van der Waals surface area (Å²) in [7, 11) is 1.64. The number of nitrogens with one attached hydrogen (secondary N) is 1. The Labute approximate surface area is 89.2 Å². The van der Waals surface area contributed by atoms with E-state index < -0.39 is 0 Å². The summed E-state index contributed by atoms with van der Waals surface area (Å²) in [5.41, 5.74) is 0.747. The molecule has 0 fully saturated rings. The highest BCUT2D eigenvalue weighted by atomic mass is 16.5. The fourth-order valence-electron chi connectivity index (χ4n) is 1.20. The van der Waals surface area contributed by atoms with E-state index in [-0.39, 0.29) is 6.10 Å². The van der Waals surface area contributed by atoms with Gasteiger partial charge in [0.2, 0.25) is 6.41 Å². The molecule has 0 heterocycles. The number of hydrogen-bond donors (Lipinski definition) is 1. The molecule has 15 heavy (non-hydrogen) atoms. The van der Waals surface area contributed by atoms with Gasteiger partial charge in [0, 0.05) is 12.8 Å². The first-order chi connectivity index (χ1) is 7.26. The summed E-state index contributed by atoms with van der Waals surface area (Å²) in [6.45, 7) is 2.48. The molecule has 1 atom stereocenters. The largest absolute Gasteiger partial charge is 0.488 e. The fourth-order valence-corrected chi connectivity index (χ4v) is 1.20. The maximum atomic E-state index is 10.2. The summed E-state index contributed by atoms with van der Waals surface area (Å²) in [5.74, 6) is 0.760. The van der Waals surface area contributed by atoms with Crippen LogP contribution in [-0.4, -0.2) is 26.2 Å². The van der Waals surface area contributed by atoms with Crippen molar-refractivity contribution in [3.63, 3.8) is 0 Å². The van der Waals surface area contributed by atoms with Crippen LogP contribution in [0.25, 0.3) is 0 Å². The number of anilines is 1. The van der Waals surface area contributed by atoms with Crippen LogP contribution >= 0.6 is 0 Å². The Hall–Kier alpha value is -1.55. The molecule has 0 spiro atoms. The molecular weight excluding hydrogens is 194 g/mol. The van der Waals surface area contributed by atoms with Gasteiger partial charge in [-0.1, -0.05) is 0 Å². The standard InChI is InChI=1S/C11H15NO3/c1-9(7-14-2)15-11-5-3-10(4-6-11)12-8-13/h3-6,8-9H,7H2,1-2H3,(H,12,13). The molecule has 1 amide bonds. The van der Waals surface area contributed by atoms with Gasteiger partial charge in [0.15, 0.2) is 0 Å². The molecule has 0 saturated heterocycles. The van der Waals surface area contributed by atoms with E-state index in [1.165, 1.54) is 0 Å². The van der Waals surface area contributed by atoms with Crippen LogP contribution in [-0.2, 0) is 9.53 Å². The first-order valence-corrected chi connectivity index (χ1v) is 4.72. The van der Waals surface area contributed by atoms with E-state index in [4.69, 9.17) is 9.47 Å². The van der Waals surface area contributed by atoms with E-state index in [1.807, 2.05) is 6.92 Å². The molecule has 0 aliphatic carbocycles. The minimum absolute atomic E-state index is 0.0138. The zero-order valence-electron chi connectivity index (χ0n) is 8.90. The Morgan fingerprint density at radius 2 is 2.07 bits per heavy atom. The third kappa shape index (κ3) is 3.99. The van der Waals surface area contributed by atoms with E-state index in [0.717, 1.165) is 11.4 Å². The predicted octanol–water partition coefficient (Wildman–Crippen LogP) is 1.67. The lowest BCUT2D eigenvalue weighted by Crippen LogP contribution is -2.17. The molecule has 0 bridgehead atoms. The minimum atomic E-state index is 0.0138. The van der Waals surface area contributed by atoms with Crippen molar-refractivity contribution >= 4 is 12.1 Å². The van der Waals surface area contributed by atoms with Gasteiger partial charge in [-0.15, -0.1) is 0 Å². The topological polar surface area (TPSA) is 47.6 Å². The molecule has 0 saturated carbocycles. The molecule has 0 aromatic heterocycles. The van der Waals surface area contributed by atoms with Crippen LogP contribution in [0.1, 0.15) is 6.92 Å². The molecular formula is C11H15NO3. The average molecular weight is 209 g/mol. The zero-order valence-corrected chi connectivity index (χ0v) is 8.90. The molecule has 0 radical (unpaired) electrons. The minimum Gasteiger partial charge on any atom is -0.488 e. The Morgan fingerprint density at radius 1 is 1.40 bits per heavy atom. The van der Waals surface area contributed by atoms with E-state index in [9.17, 15) is 4.79 Å². The summed E-state index contributed by atoms with van der Waals surface area (Å²) in [6.07, 6.45) is 0.656. The Kier molecular flexibility index (Phi) is 4.63. The predicted molar refractivity (Wildman–Crippen MR) is 58.1 cm³/mol. The summed E-state index contributed by atoms with van der Waals surface area (Å²) in [5, 5.41) is 2.55. The number of amides is 1. The van der Waals surface area contributed by atoms with Gasteiger partial charge >= 0.3 is 0 Å². The van der Waals surface area contributed by atoms with Crippen molar-refractivity contribution in [2.24, 2.45) is 0 Å². The third-order valence-electron chi connectivity index (χ3n) is 1.82. The van der Waals surface area contributed by atoms with Crippen LogP contribution in [0, 0.1) is 0 Å². The Morgan fingerprint density at radius 3 is 2.60 bits per heavy atom. The number of rotatable bonds is 6. The molecule has 1 unspecified atom stereocenters. The van der Waals surface area contributed by atoms with Crippen LogP contribution in [0.5, 0.6) is 5.75 Å². The molecule has 1 N–H and O–H groups in total. The number of carbonyl (C=O) groups excluding carboxylic acids is 1. The third-order valence-corrected chi connectivity index (χ3v) is 1.82. The lowest BCUT2D eigenvalue weighted by Gasteiger charge is -2.13. The molecule has 4 nitrogen and oxygen atoms in total. The van der Waals surface area contributed by atoms with Crippen LogP contribution < -0.4 is 10.1 Å². The van der Waals surface area contributed by atoms with Gasteiger partial charge in [0.05, 0.1) is 6.61 Å². The summed E-state index contributed by atoms with van der Waals surface area (Å²) in [6, 6.07) is 7.17. The summed E-state index contributed by atoms with van der Waals surface area (Å²) in [4.78, 5) is 10.2. The first-order valence-electron chi connectivity index (χ1n) is 4.72. The SMILES string of the molecule is COCC(C)Oc1ccc(NC=O)cc1. The summed E-state index contributed by atoms with van der Waals surface area (Å²) >= 11 is 0. The van der Waals surface area contributed by atoms with Crippen molar-refractivity contribution in [1.29, 1.82) is 0 Å². The van der Waals surface area contributed by atoms with Crippen LogP contribution in [0.3, 0.4) is 0 Å². The smallest absolute Gasteiger partial charge is 0.211 e. The monoisotopic (exact) mass is 209 g/mol. The number of hydrogen-bond acceptors (Lipinski definition) is 3. The normalized spacial score (nSPS) is 11.9. The molecule has 1 aromatic carbocycles. The maximum Gasteiger partial charge on any atom is 0.211 e. The number of methoxy groups -OCH3 is 1. The van der Waals surface area contributed by atoms with Gasteiger partial charge in [-0.25, -0.2) is 0 Å². The highest BCUT2D eigenvalue weighted by Gasteiger charge is 2.02. The molecule has 0 aliphatic rings. The van der Waals surface area contributed by atoms with Crippen molar-refractivity contribution < 1.29 is 14.3 Å². The van der Waals surface area contributed by atoms with Gasteiger partial charge in [-0.05, 0) is 31.2 Å². The molecule has 1 rings (SSSR count). The quantitative estimate of drug-likeness (QED) is 0.725. The van der Waals surface area contributed by atoms with Crippen molar-refractivity contribution in [2.75, 3.05) is 19.0 Å². The van der Waals surface area contributed by atoms with E-state index in [2.05, 4.69) is 5.32 Å². The second-order valence-electron chi connectivity index (χ2n) is 3.17. The first kappa shape index (κ1) is 11.5. The second-order valence-corrected chi connectivity index (χ2v) is 3.17. The van der Waals surface area contributed by atoms with Crippen LogP contribution in [0.15, 0.2) is 24.3 Å². The van der Waals surface area contributed by atoms with Crippen LogP contribution in [0.2, 0.25) is 0 Å². The van der Waals surface area contributed by atoms with Gasteiger partial charge in [0.25, 0.3) is 0 Å². The lowest BCUT2D eigenvalue weighted by molar-refractivity contribution is -0.105. The van der Waals surface area contributed by atoms with Gasteiger partial charge in [-0.3, -0.25) is 4.79 Å². The number of benzene rings is 1. The molecule has 1 aromatic rings. The van der Waals surface area contributed by atoms with E-state index in [1.54, 1.807) is 31.4 Å². The average Bonchev–Trinajstić information content (AvgIpc) is 2.22. The number of carbonyl (C=O) groups is 1. The summed E-state index contributed by atoms with van der Waals surface area (Å²) < 4.78 is 10.5. The molecule has 82 valence electrons. The Balaban J connectivity index is 2.52. The van der Waals surface area contributed by atoms with Gasteiger partial charge < -0.3 is 14.8 Å². The Bertz CT molecular complexity index is 297. The highest BCUT2D eigenvalue weighted by Crippen LogP contribution is 2.16. The van der Waals surface area contributed by atoms with Gasteiger partial charge in [0.1, 0.15) is 11.9 Å². The fraction of sp³-hybridized carbons (Fsp3) is 0.364. The van der Waals surface area contributed by atoms with E-state index >= 15 is 0 Å². The van der Waals surface area contributed by atoms with E-state index in [0.29, 0.717) is 13.0 Å². The van der Waals surface area contributed by atoms with Gasteiger partial charge in [-0.2, -0.15) is 0 Å². The van der Waals surface area contributed by atoms with Crippen LogP contribution in [0.4, 0.5) is 5.69 Å². The molecule has 4 heteroatoms. The van der Waals surface area contributed by atoms with Crippen molar-refractivity contribution in [1.82, 2.24) is 0 Å². The maximum absolute atomic E-state index is 10.2. The second kappa shape index (κ2) is 6.03. The molecule has 0 aliphatic heterocycles. The van der Waals surface area contributed by atoms with Crippen molar-refractivity contribution in [2.45, 2.75) is 13.0 Å². The zero-order chi connectivity index (χ0) is 11.1. The lowest BCUT2D eigenvalue weighted by atomic mass is 10.3. The number of ether oxygens (including phenoxy) is 2. The van der Waals surface area contributed by atoms with Crippen molar-refractivity contribution in [3.8, 4) is 5.75 Å².